The molecular formula is C31H29Cl2N3O5S. The molecule has 0 aromatic heterocycles. The van der Waals surface area contributed by atoms with Gasteiger partial charge in [-0.3, -0.25) is 9.10 Å². The molecule has 0 heterocycles. The van der Waals surface area contributed by atoms with E-state index < -0.39 is 22.5 Å². The highest BCUT2D eigenvalue weighted by Crippen LogP contribution is 2.30. The summed E-state index contributed by atoms with van der Waals surface area (Å²) >= 11 is 12.2. The van der Waals surface area contributed by atoms with Crippen molar-refractivity contribution >= 4 is 51.0 Å². The predicted octanol–water partition coefficient (Wildman–Crippen LogP) is 6.63. The third kappa shape index (κ3) is 8.03. The molecule has 0 aliphatic heterocycles. The molecule has 0 radical (unpaired) electrons. The largest absolute Gasteiger partial charge is 0.490 e. The molecule has 0 saturated carbocycles. The minimum absolute atomic E-state index is 0.0433. The predicted molar refractivity (Wildman–Crippen MR) is 166 cm³/mol. The molecule has 1 amide bonds. The van der Waals surface area contributed by atoms with Crippen LogP contribution in [0.4, 0.5) is 5.69 Å². The third-order valence-corrected chi connectivity index (χ3v) is 8.26. The zero-order chi connectivity index (χ0) is 30.1. The fourth-order valence-electron chi connectivity index (χ4n) is 4.00. The number of nitrogens with one attached hydrogen (secondary N) is 1. The number of hydrazone groups is 1. The number of aryl methyl sites for hydroxylation is 1. The molecule has 4 aromatic carbocycles. The second kappa shape index (κ2) is 14.2. The molecule has 11 heteroatoms. The molecule has 4 aromatic rings. The van der Waals surface area contributed by atoms with Crippen LogP contribution in [0.2, 0.25) is 10.0 Å². The van der Waals surface area contributed by atoms with E-state index in [4.69, 9.17) is 32.7 Å². The maximum absolute atomic E-state index is 13.6. The van der Waals surface area contributed by atoms with Crippen LogP contribution in [-0.4, -0.2) is 33.7 Å². The van der Waals surface area contributed by atoms with Gasteiger partial charge in [-0.2, -0.15) is 5.10 Å². The number of carbonyl (C=O) groups is 1. The Kier molecular flexibility index (Phi) is 10.5. The Morgan fingerprint density at radius 3 is 2.40 bits per heavy atom. The summed E-state index contributed by atoms with van der Waals surface area (Å²) < 4.78 is 39.8. The molecule has 0 fully saturated rings. The van der Waals surface area contributed by atoms with Gasteiger partial charge in [0.2, 0.25) is 0 Å². The summed E-state index contributed by atoms with van der Waals surface area (Å²) in [7, 11) is -4.09. The van der Waals surface area contributed by atoms with E-state index in [0.717, 1.165) is 9.87 Å². The van der Waals surface area contributed by atoms with Gasteiger partial charge in [0.1, 0.15) is 13.2 Å². The first-order valence-corrected chi connectivity index (χ1v) is 15.2. The van der Waals surface area contributed by atoms with E-state index in [1.807, 2.05) is 25.1 Å². The lowest BCUT2D eigenvalue weighted by atomic mass is 10.2. The summed E-state index contributed by atoms with van der Waals surface area (Å²) in [5, 5.41) is 5.00. The van der Waals surface area contributed by atoms with Crippen molar-refractivity contribution in [1.82, 2.24) is 5.43 Å². The van der Waals surface area contributed by atoms with Gasteiger partial charge in [0.05, 0.1) is 23.4 Å². The van der Waals surface area contributed by atoms with Crippen molar-refractivity contribution in [3.63, 3.8) is 0 Å². The molecule has 8 nitrogen and oxygen atoms in total. The second-order valence-corrected chi connectivity index (χ2v) is 11.8. The zero-order valence-electron chi connectivity index (χ0n) is 23.0. The van der Waals surface area contributed by atoms with Crippen molar-refractivity contribution in [1.29, 1.82) is 0 Å². The molecule has 0 aliphatic rings. The average molecular weight is 627 g/mol. The van der Waals surface area contributed by atoms with Crippen LogP contribution in [0.3, 0.4) is 0 Å². The number of hydrogen-bond donors (Lipinski definition) is 1. The van der Waals surface area contributed by atoms with Crippen LogP contribution >= 0.6 is 23.2 Å². The summed E-state index contributed by atoms with van der Waals surface area (Å²) in [6.07, 6.45) is 1.43. The van der Waals surface area contributed by atoms with Gasteiger partial charge in [-0.15, -0.1) is 0 Å². The minimum atomic E-state index is -4.09. The first-order chi connectivity index (χ1) is 20.2. The number of nitrogens with zero attached hydrogens (tertiary/aromatic N) is 2. The number of benzene rings is 4. The molecule has 0 spiro atoms. The Morgan fingerprint density at radius 1 is 0.905 bits per heavy atom. The van der Waals surface area contributed by atoms with Gasteiger partial charge < -0.3 is 9.47 Å². The van der Waals surface area contributed by atoms with Gasteiger partial charge in [0.25, 0.3) is 15.9 Å². The Balaban J connectivity index is 1.49. The third-order valence-electron chi connectivity index (χ3n) is 6.01. The highest BCUT2D eigenvalue weighted by atomic mass is 35.5. The summed E-state index contributed by atoms with van der Waals surface area (Å²) in [6.45, 7) is 3.81. The Bertz CT molecular complexity index is 1680. The maximum Gasteiger partial charge on any atom is 0.264 e. The number of ether oxygens (including phenoxy) is 2. The molecule has 0 unspecified atom stereocenters. The average Bonchev–Trinajstić information content (AvgIpc) is 2.97. The summed E-state index contributed by atoms with van der Waals surface area (Å²) in [4.78, 5) is 13.0. The lowest BCUT2D eigenvalue weighted by molar-refractivity contribution is -0.119. The standard InChI is InChI=1S/C31H29Cl2N3O5S/c1-3-40-30-17-23(13-15-29(30)41-21-24-8-7-9-25(32)16-24)19-34-35-31(37)20-36(28-18-26(33)14-12-22(28)2)42(38,39)27-10-5-4-6-11-27/h4-19H,3,20-21H2,1-2H3,(H,35,37)/b34-19-. The van der Waals surface area contributed by atoms with Crippen LogP contribution in [0.5, 0.6) is 11.5 Å². The molecule has 0 aliphatic carbocycles. The van der Waals surface area contributed by atoms with Gasteiger partial charge in [-0.1, -0.05) is 59.6 Å². The fraction of sp³-hybridized carbons (Fsp3) is 0.161. The number of halogens is 2. The van der Waals surface area contributed by atoms with Crippen molar-refractivity contribution in [2.24, 2.45) is 5.10 Å². The maximum atomic E-state index is 13.6. The smallest absolute Gasteiger partial charge is 0.264 e. The van der Waals surface area contributed by atoms with E-state index in [9.17, 15) is 13.2 Å². The van der Waals surface area contributed by atoms with Gasteiger partial charge in [0.15, 0.2) is 11.5 Å². The van der Waals surface area contributed by atoms with Crippen LogP contribution < -0.4 is 19.2 Å². The number of hydrogen-bond acceptors (Lipinski definition) is 6. The number of amides is 1. The van der Waals surface area contributed by atoms with E-state index in [0.29, 0.717) is 51.6 Å². The monoisotopic (exact) mass is 625 g/mol. The van der Waals surface area contributed by atoms with E-state index in [1.54, 1.807) is 61.5 Å². The number of rotatable bonds is 12. The second-order valence-electron chi connectivity index (χ2n) is 9.11. The highest BCUT2D eigenvalue weighted by Gasteiger charge is 2.28. The molecule has 218 valence electrons. The first-order valence-electron chi connectivity index (χ1n) is 13.0. The van der Waals surface area contributed by atoms with Gasteiger partial charge in [0, 0.05) is 10.0 Å². The molecule has 4 rings (SSSR count). The summed E-state index contributed by atoms with van der Waals surface area (Å²) in [5.74, 6) is 0.402. The molecule has 0 atom stereocenters. The molecular weight excluding hydrogens is 597 g/mol. The molecule has 0 bridgehead atoms. The molecule has 0 saturated heterocycles. The van der Waals surface area contributed by atoms with Crippen molar-refractivity contribution in [3.8, 4) is 11.5 Å². The van der Waals surface area contributed by atoms with Crippen LogP contribution in [0.15, 0.2) is 101 Å². The topological polar surface area (TPSA) is 97.3 Å². The van der Waals surface area contributed by atoms with Crippen LogP contribution in [0, 0.1) is 6.92 Å². The molecule has 1 N–H and O–H groups in total. The first kappa shape index (κ1) is 30.9. The zero-order valence-corrected chi connectivity index (χ0v) is 25.3. The number of anilines is 1. The Morgan fingerprint density at radius 2 is 1.67 bits per heavy atom. The summed E-state index contributed by atoms with van der Waals surface area (Å²) in [5.41, 5.74) is 4.89. The quantitative estimate of drug-likeness (QED) is 0.141. The molecule has 42 heavy (non-hydrogen) atoms. The lowest BCUT2D eigenvalue weighted by Gasteiger charge is -2.25. The van der Waals surface area contributed by atoms with Crippen molar-refractivity contribution in [2.75, 3.05) is 17.5 Å². The van der Waals surface area contributed by atoms with E-state index in [-0.39, 0.29) is 4.90 Å². The fourth-order valence-corrected chi connectivity index (χ4v) is 5.87. The Labute approximate surface area is 255 Å². The van der Waals surface area contributed by atoms with E-state index >= 15 is 0 Å². The number of sulfonamides is 1. The summed E-state index contributed by atoms with van der Waals surface area (Å²) in [6, 6.07) is 25.4. The van der Waals surface area contributed by atoms with Gasteiger partial charge in [-0.05, 0) is 85.1 Å². The normalized spacial score (nSPS) is 11.3. The SMILES string of the molecule is CCOc1cc(/C=N\NC(=O)CN(c2cc(Cl)ccc2C)S(=O)(=O)c2ccccc2)ccc1OCc1cccc(Cl)c1. The van der Waals surface area contributed by atoms with Crippen LogP contribution in [0.25, 0.3) is 0 Å². The van der Waals surface area contributed by atoms with Crippen LogP contribution in [0.1, 0.15) is 23.6 Å². The van der Waals surface area contributed by atoms with Crippen LogP contribution in [-0.2, 0) is 21.4 Å². The van der Waals surface area contributed by atoms with Gasteiger partial charge in [-0.25, -0.2) is 13.8 Å². The van der Waals surface area contributed by atoms with E-state index in [2.05, 4.69) is 10.5 Å². The number of carbonyl (C=O) groups excluding carboxylic acids is 1. The van der Waals surface area contributed by atoms with Crippen molar-refractivity contribution < 1.29 is 22.7 Å². The minimum Gasteiger partial charge on any atom is -0.490 e. The Hall–Kier alpha value is -4.05. The lowest BCUT2D eigenvalue weighted by Crippen LogP contribution is -2.40. The van der Waals surface area contributed by atoms with Crippen molar-refractivity contribution in [2.45, 2.75) is 25.3 Å². The van der Waals surface area contributed by atoms with Crippen molar-refractivity contribution in [3.05, 3.63) is 118 Å². The van der Waals surface area contributed by atoms with Gasteiger partial charge >= 0.3 is 0 Å². The van der Waals surface area contributed by atoms with E-state index in [1.165, 1.54) is 24.4 Å². The highest BCUT2D eigenvalue weighted by molar-refractivity contribution is 7.92.